The quantitative estimate of drug-likeness (QED) is 0.690. The molecule has 106 valence electrons. The van der Waals surface area contributed by atoms with Crippen molar-refractivity contribution in [2.45, 2.75) is 18.7 Å². The third-order valence-electron chi connectivity index (χ3n) is 2.58. The fourth-order valence-electron chi connectivity index (χ4n) is 1.66. The molecule has 0 atom stereocenters. The van der Waals surface area contributed by atoms with Gasteiger partial charge in [-0.1, -0.05) is 6.07 Å². The zero-order valence-electron chi connectivity index (χ0n) is 10.7. The Morgan fingerprint density at radius 3 is 2.60 bits per heavy atom. The minimum Gasteiger partial charge on any atom is -0.258 e. The van der Waals surface area contributed by atoms with Crippen molar-refractivity contribution in [3.05, 3.63) is 45.0 Å². The van der Waals surface area contributed by atoms with Crippen LogP contribution in [0.15, 0.2) is 28.5 Å². The standard InChI is InChI=1S/C11H11N3O4S2/c1-7-6-19-11(12-7)13-20(17,18)10-5-3-4-9(8(10)2)14(15)16/h3-6H,1-2H3,(H,12,13). The molecule has 2 aromatic rings. The first-order valence-electron chi connectivity index (χ1n) is 5.50. The Kier molecular flexibility index (Phi) is 3.73. The molecule has 2 rings (SSSR count). The minimum atomic E-state index is -3.89. The summed E-state index contributed by atoms with van der Waals surface area (Å²) in [6.45, 7) is 3.15. The van der Waals surface area contributed by atoms with Gasteiger partial charge in [0.15, 0.2) is 5.13 Å². The summed E-state index contributed by atoms with van der Waals surface area (Å²) in [7, 11) is -3.89. The molecule has 0 aliphatic rings. The van der Waals surface area contributed by atoms with Crippen LogP contribution in [-0.2, 0) is 10.0 Å². The van der Waals surface area contributed by atoms with Gasteiger partial charge in [-0.15, -0.1) is 11.3 Å². The number of benzene rings is 1. The van der Waals surface area contributed by atoms with E-state index in [1.807, 2.05) is 0 Å². The lowest BCUT2D eigenvalue weighted by Crippen LogP contribution is -2.14. The van der Waals surface area contributed by atoms with E-state index in [2.05, 4.69) is 9.71 Å². The maximum Gasteiger partial charge on any atom is 0.273 e. The van der Waals surface area contributed by atoms with Gasteiger partial charge in [0, 0.05) is 17.0 Å². The van der Waals surface area contributed by atoms with Gasteiger partial charge in [-0.2, -0.15) is 0 Å². The van der Waals surface area contributed by atoms with Crippen molar-refractivity contribution < 1.29 is 13.3 Å². The summed E-state index contributed by atoms with van der Waals surface area (Å²) < 4.78 is 26.8. The molecule has 7 nitrogen and oxygen atoms in total. The van der Waals surface area contributed by atoms with Crippen LogP contribution in [0.1, 0.15) is 11.3 Å². The van der Waals surface area contributed by atoms with Crippen molar-refractivity contribution in [1.82, 2.24) is 4.98 Å². The average Bonchev–Trinajstić information content (AvgIpc) is 2.73. The van der Waals surface area contributed by atoms with E-state index in [-0.39, 0.29) is 21.3 Å². The molecule has 9 heteroatoms. The maximum absolute atomic E-state index is 12.2. The largest absolute Gasteiger partial charge is 0.273 e. The zero-order chi connectivity index (χ0) is 14.9. The first kappa shape index (κ1) is 14.4. The summed E-state index contributed by atoms with van der Waals surface area (Å²) in [4.78, 5) is 14.1. The SMILES string of the molecule is Cc1csc(NS(=O)(=O)c2cccc([N+](=O)[O-])c2C)n1. The molecule has 0 saturated carbocycles. The van der Waals surface area contributed by atoms with Gasteiger partial charge in [0.1, 0.15) is 0 Å². The summed E-state index contributed by atoms with van der Waals surface area (Å²) >= 11 is 1.15. The Labute approximate surface area is 119 Å². The first-order chi connectivity index (χ1) is 9.31. The molecule has 0 aliphatic heterocycles. The summed E-state index contributed by atoms with van der Waals surface area (Å²) in [5.74, 6) is 0. The lowest BCUT2D eigenvalue weighted by Gasteiger charge is -2.08. The van der Waals surface area contributed by atoms with Gasteiger partial charge >= 0.3 is 0 Å². The number of sulfonamides is 1. The van der Waals surface area contributed by atoms with E-state index in [0.29, 0.717) is 5.69 Å². The van der Waals surface area contributed by atoms with Crippen LogP contribution in [0.25, 0.3) is 0 Å². The molecule has 1 heterocycles. The fraction of sp³-hybridized carbons (Fsp3) is 0.182. The molecular weight excluding hydrogens is 302 g/mol. The van der Waals surface area contributed by atoms with Gasteiger partial charge < -0.3 is 0 Å². The molecule has 0 radical (unpaired) electrons. The van der Waals surface area contributed by atoms with Crippen LogP contribution in [0.5, 0.6) is 0 Å². The number of aromatic nitrogens is 1. The highest BCUT2D eigenvalue weighted by Gasteiger charge is 2.23. The number of thiazole rings is 1. The second-order valence-corrected chi connectivity index (χ2v) is 6.57. The molecule has 0 aliphatic carbocycles. The molecule has 0 fully saturated rings. The van der Waals surface area contributed by atoms with Crippen LogP contribution < -0.4 is 4.72 Å². The molecule has 0 saturated heterocycles. The molecule has 0 spiro atoms. The molecule has 0 unspecified atom stereocenters. The van der Waals surface area contributed by atoms with E-state index in [0.717, 1.165) is 11.3 Å². The first-order valence-corrected chi connectivity index (χ1v) is 7.86. The predicted molar refractivity (Wildman–Crippen MR) is 75.5 cm³/mol. The monoisotopic (exact) mass is 313 g/mol. The van der Waals surface area contributed by atoms with Gasteiger partial charge in [0.25, 0.3) is 15.7 Å². The molecule has 0 amide bonds. The van der Waals surface area contributed by atoms with Crippen molar-refractivity contribution in [1.29, 1.82) is 0 Å². The van der Waals surface area contributed by atoms with E-state index in [1.54, 1.807) is 12.3 Å². The Bertz CT molecular complexity index is 768. The van der Waals surface area contributed by atoms with Crippen molar-refractivity contribution >= 4 is 32.2 Å². The molecular formula is C11H11N3O4S2. The third kappa shape index (κ3) is 2.78. The highest BCUT2D eigenvalue weighted by Crippen LogP contribution is 2.27. The van der Waals surface area contributed by atoms with Crippen LogP contribution in [0.3, 0.4) is 0 Å². The summed E-state index contributed by atoms with van der Waals surface area (Å²) in [6, 6.07) is 3.93. The predicted octanol–water partition coefficient (Wildman–Crippen LogP) is 2.47. The van der Waals surface area contributed by atoms with Crippen LogP contribution in [0.2, 0.25) is 0 Å². The van der Waals surface area contributed by atoms with Crippen molar-refractivity contribution in [2.24, 2.45) is 0 Å². The van der Waals surface area contributed by atoms with Crippen LogP contribution in [0, 0.1) is 24.0 Å². The third-order valence-corrected chi connectivity index (χ3v) is 5.07. The Morgan fingerprint density at radius 2 is 2.05 bits per heavy atom. The van der Waals surface area contributed by atoms with E-state index in [9.17, 15) is 18.5 Å². The fourth-order valence-corrected chi connectivity index (χ4v) is 3.87. The number of nitro groups is 1. The lowest BCUT2D eigenvalue weighted by molar-refractivity contribution is -0.385. The number of nitrogens with zero attached hydrogens (tertiary/aromatic N) is 2. The zero-order valence-corrected chi connectivity index (χ0v) is 12.3. The Morgan fingerprint density at radius 1 is 1.35 bits per heavy atom. The number of hydrogen-bond acceptors (Lipinski definition) is 6. The average molecular weight is 313 g/mol. The number of hydrogen-bond donors (Lipinski definition) is 1. The summed E-state index contributed by atoms with van der Waals surface area (Å²) in [5, 5.41) is 12.8. The van der Waals surface area contributed by atoms with E-state index >= 15 is 0 Å². The highest BCUT2D eigenvalue weighted by molar-refractivity contribution is 7.93. The van der Waals surface area contributed by atoms with Crippen molar-refractivity contribution in [3.8, 4) is 0 Å². The van der Waals surface area contributed by atoms with Gasteiger partial charge in [-0.05, 0) is 19.9 Å². The molecule has 1 aromatic carbocycles. The molecule has 20 heavy (non-hydrogen) atoms. The van der Waals surface area contributed by atoms with Crippen LogP contribution in [-0.4, -0.2) is 18.3 Å². The highest BCUT2D eigenvalue weighted by atomic mass is 32.2. The number of rotatable bonds is 4. The van der Waals surface area contributed by atoms with Crippen molar-refractivity contribution in [2.75, 3.05) is 4.72 Å². The molecule has 1 aromatic heterocycles. The second kappa shape index (κ2) is 5.17. The van der Waals surface area contributed by atoms with Gasteiger partial charge in [0.2, 0.25) is 0 Å². The maximum atomic E-state index is 12.2. The van der Waals surface area contributed by atoms with Gasteiger partial charge in [-0.3, -0.25) is 14.8 Å². The van der Waals surface area contributed by atoms with Crippen LogP contribution in [0.4, 0.5) is 10.8 Å². The van der Waals surface area contributed by atoms with E-state index < -0.39 is 14.9 Å². The van der Waals surface area contributed by atoms with Crippen molar-refractivity contribution in [3.63, 3.8) is 0 Å². The smallest absolute Gasteiger partial charge is 0.258 e. The van der Waals surface area contributed by atoms with E-state index in [1.165, 1.54) is 25.1 Å². The van der Waals surface area contributed by atoms with E-state index in [4.69, 9.17) is 0 Å². The molecule has 1 N–H and O–H groups in total. The topological polar surface area (TPSA) is 102 Å². The normalized spacial score (nSPS) is 11.3. The number of anilines is 1. The minimum absolute atomic E-state index is 0.0956. The number of nitrogens with one attached hydrogen (secondary N) is 1. The second-order valence-electron chi connectivity index (χ2n) is 4.06. The summed E-state index contributed by atoms with van der Waals surface area (Å²) in [6.07, 6.45) is 0. The number of nitro benzene ring substituents is 1. The van der Waals surface area contributed by atoms with Crippen LogP contribution >= 0.6 is 11.3 Å². The molecule has 0 bridgehead atoms. The Balaban J connectivity index is 2.44. The number of aryl methyl sites for hydroxylation is 1. The Hall–Kier alpha value is -2.00. The van der Waals surface area contributed by atoms with Gasteiger partial charge in [0.05, 0.1) is 15.5 Å². The lowest BCUT2D eigenvalue weighted by atomic mass is 10.2. The summed E-state index contributed by atoms with van der Waals surface area (Å²) in [5.41, 5.74) is 0.560. The van der Waals surface area contributed by atoms with Gasteiger partial charge in [-0.25, -0.2) is 13.4 Å².